The van der Waals surface area contributed by atoms with Crippen molar-refractivity contribution >= 4 is 17.2 Å². The van der Waals surface area contributed by atoms with Crippen LogP contribution in [0.25, 0.3) is 16.8 Å². The van der Waals surface area contributed by atoms with Gasteiger partial charge in [0.2, 0.25) is 5.91 Å². The number of carbonyl (C=O) groups excluding carboxylic acids is 1. The largest absolute Gasteiger partial charge is 0.457 e. The zero-order valence-corrected chi connectivity index (χ0v) is 23.4. The molecule has 9 nitrogen and oxygen atoms in total. The third-order valence-electron chi connectivity index (χ3n) is 8.35. The number of hydrogen-bond acceptors (Lipinski definition) is 7. The van der Waals surface area contributed by atoms with Gasteiger partial charge in [0.05, 0.1) is 19.8 Å². The number of ether oxygens (including phenoxy) is 2. The lowest BCUT2D eigenvalue weighted by Crippen LogP contribution is -2.43. The second kappa shape index (κ2) is 12.3. The van der Waals surface area contributed by atoms with Gasteiger partial charge in [0.25, 0.3) is 0 Å². The van der Waals surface area contributed by atoms with Crippen molar-refractivity contribution in [1.29, 1.82) is 0 Å². The number of morpholine rings is 1. The quantitative estimate of drug-likeness (QED) is 0.271. The molecule has 2 aromatic heterocycles. The Kier molecular flexibility index (Phi) is 8.16. The number of rotatable bonds is 10. The first-order chi connectivity index (χ1) is 20.1. The molecular formula is C32H38N6O3. The summed E-state index contributed by atoms with van der Waals surface area (Å²) in [5.41, 5.74) is 9.03. The Balaban J connectivity index is 1.20. The Morgan fingerprint density at radius 2 is 1.76 bits per heavy atom. The second-order valence-electron chi connectivity index (χ2n) is 11.1. The molecule has 0 bridgehead atoms. The Hall–Kier alpha value is -3.95. The van der Waals surface area contributed by atoms with E-state index in [9.17, 15) is 4.79 Å². The number of nitrogens with two attached hydrogens (primary N) is 1. The van der Waals surface area contributed by atoms with E-state index in [1.807, 2.05) is 60.8 Å². The third kappa shape index (κ3) is 6.06. The average molecular weight is 555 g/mol. The number of nitrogen functional groups attached to an aromatic ring is 1. The van der Waals surface area contributed by atoms with Crippen LogP contribution in [0.15, 0.2) is 67.0 Å². The topological polar surface area (TPSA) is 107 Å². The van der Waals surface area contributed by atoms with E-state index in [1.54, 1.807) is 6.20 Å². The van der Waals surface area contributed by atoms with Crippen molar-refractivity contribution in [3.05, 3.63) is 72.8 Å². The van der Waals surface area contributed by atoms with Gasteiger partial charge in [-0.05, 0) is 62.1 Å². The van der Waals surface area contributed by atoms with Crippen molar-refractivity contribution in [2.24, 2.45) is 0 Å². The number of para-hydroxylation sites is 1. The van der Waals surface area contributed by atoms with Crippen LogP contribution in [0.2, 0.25) is 0 Å². The Morgan fingerprint density at radius 3 is 2.51 bits per heavy atom. The van der Waals surface area contributed by atoms with Gasteiger partial charge in [0.1, 0.15) is 34.4 Å². The highest BCUT2D eigenvalue weighted by Gasteiger charge is 2.39. The summed E-state index contributed by atoms with van der Waals surface area (Å²) in [4.78, 5) is 24.3. The molecule has 0 unspecified atom stereocenters. The normalized spacial score (nSPS) is 17.1. The van der Waals surface area contributed by atoms with Gasteiger partial charge in [0.15, 0.2) is 0 Å². The van der Waals surface area contributed by atoms with Crippen molar-refractivity contribution in [2.75, 3.05) is 45.1 Å². The van der Waals surface area contributed by atoms with E-state index < -0.39 is 0 Å². The van der Waals surface area contributed by atoms with E-state index in [0.29, 0.717) is 32.1 Å². The number of hydrogen-bond donors (Lipinski definition) is 2. The minimum atomic E-state index is -0.0692. The number of carbonyl (C=O) groups is 1. The van der Waals surface area contributed by atoms with Gasteiger partial charge >= 0.3 is 0 Å². The fraction of sp³-hybridized carbons (Fsp3) is 0.406. The van der Waals surface area contributed by atoms with Crippen LogP contribution in [0.4, 0.5) is 5.82 Å². The van der Waals surface area contributed by atoms with Crippen LogP contribution < -0.4 is 15.8 Å². The van der Waals surface area contributed by atoms with E-state index in [2.05, 4.69) is 19.6 Å². The first kappa shape index (κ1) is 27.2. The highest BCUT2D eigenvalue weighted by atomic mass is 16.5. The van der Waals surface area contributed by atoms with Crippen molar-refractivity contribution in [3.63, 3.8) is 0 Å². The fourth-order valence-electron chi connectivity index (χ4n) is 6.25. The molecule has 1 saturated carbocycles. The monoisotopic (exact) mass is 554 g/mol. The lowest BCUT2D eigenvalue weighted by molar-refractivity contribution is -0.123. The number of anilines is 1. The van der Waals surface area contributed by atoms with E-state index in [1.165, 1.54) is 12.8 Å². The number of benzene rings is 2. The minimum absolute atomic E-state index is 0.0692. The Bertz CT molecular complexity index is 1460. The second-order valence-corrected chi connectivity index (χ2v) is 11.1. The first-order valence-electron chi connectivity index (χ1n) is 14.6. The van der Waals surface area contributed by atoms with Crippen molar-refractivity contribution in [2.45, 2.75) is 43.9 Å². The summed E-state index contributed by atoms with van der Waals surface area (Å²) in [6.45, 7) is 4.11. The molecule has 3 heterocycles. The van der Waals surface area contributed by atoms with Gasteiger partial charge in [-0.25, -0.2) is 9.97 Å². The zero-order valence-electron chi connectivity index (χ0n) is 23.4. The molecule has 1 saturated heterocycles. The molecule has 214 valence electrons. The molecule has 4 aromatic rings. The van der Waals surface area contributed by atoms with Crippen LogP contribution in [0.5, 0.6) is 11.5 Å². The maximum Gasteiger partial charge on any atom is 0.234 e. The number of imidazole rings is 1. The van der Waals surface area contributed by atoms with Crippen LogP contribution in [-0.2, 0) is 14.9 Å². The molecule has 0 atom stereocenters. The lowest BCUT2D eigenvalue weighted by Gasteiger charge is -2.28. The molecule has 2 aromatic carbocycles. The van der Waals surface area contributed by atoms with Crippen LogP contribution in [0.1, 0.15) is 44.3 Å². The maximum atomic E-state index is 12.5. The molecule has 2 aliphatic rings. The molecule has 9 heteroatoms. The van der Waals surface area contributed by atoms with Crippen molar-refractivity contribution < 1.29 is 14.3 Å². The van der Waals surface area contributed by atoms with Crippen LogP contribution in [0.3, 0.4) is 0 Å². The van der Waals surface area contributed by atoms with E-state index in [0.717, 1.165) is 72.9 Å². The smallest absolute Gasteiger partial charge is 0.234 e. The highest BCUT2D eigenvalue weighted by Crippen LogP contribution is 2.46. The Morgan fingerprint density at radius 1 is 1.02 bits per heavy atom. The Labute approximate surface area is 240 Å². The number of amides is 1. The summed E-state index contributed by atoms with van der Waals surface area (Å²) in [6.07, 6.45) is 10.1. The molecule has 1 aliphatic carbocycles. The molecule has 0 spiro atoms. The minimum Gasteiger partial charge on any atom is -0.457 e. The predicted molar refractivity (Wildman–Crippen MR) is 159 cm³/mol. The summed E-state index contributed by atoms with van der Waals surface area (Å²) in [7, 11) is 0. The summed E-state index contributed by atoms with van der Waals surface area (Å²) in [5, 5.41) is 3.13. The summed E-state index contributed by atoms with van der Waals surface area (Å²) >= 11 is 0. The molecular weight excluding hydrogens is 516 g/mol. The van der Waals surface area contributed by atoms with E-state index in [-0.39, 0.29) is 11.3 Å². The van der Waals surface area contributed by atoms with Gasteiger partial charge < -0.3 is 20.5 Å². The van der Waals surface area contributed by atoms with Gasteiger partial charge in [-0.3, -0.25) is 14.1 Å². The maximum absolute atomic E-state index is 12.5. The van der Waals surface area contributed by atoms with Crippen molar-refractivity contribution in [3.8, 4) is 22.8 Å². The zero-order chi connectivity index (χ0) is 28.1. The number of aromatic nitrogens is 3. The summed E-state index contributed by atoms with van der Waals surface area (Å²) < 4.78 is 13.5. The molecule has 0 radical (unpaired) electrons. The highest BCUT2D eigenvalue weighted by molar-refractivity contribution is 5.85. The number of nitrogens with zero attached hydrogens (tertiary/aromatic N) is 4. The van der Waals surface area contributed by atoms with Crippen LogP contribution in [-0.4, -0.2) is 64.6 Å². The van der Waals surface area contributed by atoms with E-state index in [4.69, 9.17) is 20.2 Å². The SMILES string of the molecule is Nc1nccn2c(C3(CCCNC(=O)CN4CCOCC4)CCCC3)nc(-c3ccc(Oc4ccccc4)cc3)c12. The van der Waals surface area contributed by atoms with Gasteiger partial charge in [-0.1, -0.05) is 31.0 Å². The molecule has 6 rings (SSSR count). The third-order valence-corrected chi connectivity index (χ3v) is 8.35. The standard InChI is InChI=1S/C32H38N6O3/c33-30-29-28(24-9-11-26(12-10-24)41-25-7-2-1-3-8-25)36-31(38(29)18-17-35-30)32(13-4-5-14-32)15-6-16-34-27(39)23-37-19-21-40-22-20-37/h1-3,7-12,17-18H,4-6,13-16,19-23H2,(H2,33,35)(H,34,39). The predicted octanol–water partition coefficient (Wildman–Crippen LogP) is 4.81. The van der Waals surface area contributed by atoms with Crippen LogP contribution >= 0.6 is 0 Å². The number of nitrogens with one attached hydrogen (secondary N) is 1. The summed E-state index contributed by atoms with van der Waals surface area (Å²) in [6, 6.07) is 17.7. The molecule has 3 N–H and O–H groups in total. The molecule has 41 heavy (non-hydrogen) atoms. The molecule has 1 amide bonds. The van der Waals surface area contributed by atoms with Gasteiger partial charge in [0, 0.05) is 43.0 Å². The summed E-state index contributed by atoms with van der Waals surface area (Å²) in [5.74, 6) is 3.15. The first-order valence-corrected chi connectivity index (χ1v) is 14.6. The van der Waals surface area contributed by atoms with Crippen molar-refractivity contribution in [1.82, 2.24) is 24.6 Å². The fourth-order valence-corrected chi connectivity index (χ4v) is 6.25. The average Bonchev–Trinajstić information content (AvgIpc) is 3.64. The van der Waals surface area contributed by atoms with E-state index >= 15 is 0 Å². The van der Waals surface area contributed by atoms with Crippen LogP contribution in [0, 0.1) is 0 Å². The van der Waals surface area contributed by atoms with Gasteiger partial charge in [-0.2, -0.15) is 0 Å². The molecule has 1 aliphatic heterocycles. The van der Waals surface area contributed by atoms with Gasteiger partial charge in [-0.15, -0.1) is 0 Å². The molecule has 2 fully saturated rings. The number of fused-ring (bicyclic) bond motifs is 1. The lowest BCUT2D eigenvalue weighted by atomic mass is 9.80.